The van der Waals surface area contributed by atoms with Crippen LogP contribution in [0.3, 0.4) is 0 Å². The van der Waals surface area contributed by atoms with Crippen LogP contribution in [-0.4, -0.2) is 12.1 Å². The lowest BCUT2D eigenvalue weighted by Gasteiger charge is -2.23. The molecule has 0 aromatic heterocycles. The number of benzene rings is 3. The Balaban J connectivity index is 1.51. The van der Waals surface area contributed by atoms with Gasteiger partial charge in [0.1, 0.15) is 11.9 Å². The average molecular weight is 399 g/mol. The Morgan fingerprint density at radius 2 is 1.77 bits per heavy atom. The zero-order chi connectivity index (χ0) is 20.9. The van der Waals surface area contributed by atoms with Crippen LogP contribution in [0.1, 0.15) is 28.4 Å². The predicted molar refractivity (Wildman–Crippen MR) is 122 cm³/mol. The SMILES string of the molecule is C=C(NCc1cc(C2NC(c3ccccc3)=CN2N)ccc1OC)c1ccccc1. The number of methoxy groups -OCH3 is 1. The van der Waals surface area contributed by atoms with E-state index in [1.165, 1.54) is 0 Å². The summed E-state index contributed by atoms with van der Waals surface area (Å²) >= 11 is 0. The molecule has 1 unspecified atom stereocenters. The van der Waals surface area contributed by atoms with Crippen LogP contribution in [-0.2, 0) is 6.54 Å². The van der Waals surface area contributed by atoms with E-state index < -0.39 is 0 Å². The number of hydrogen-bond acceptors (Lipinski definition) is 5. The summed E-state index contributed by atoms with van der Waals surface area (Å²) in [5.41, 5.74) is 6.13. The molecule has 4 rings (SSSR count). The number of hydrogen-bond donors (Lipinski definition) is 3. The Morgan fingerprint density at radius 1 is 1.07 bits per heavy atom. The molecule has 1 aliphatic rings. The van der Waals surface area contributed by atoms with Crippen molar-refractivity contribution in [2.24, 2.45) is 5.84 Å². The number of nitrogens with zero attached hydrogens (tertiary/aromatic N) is 1. The highest BCUT2D eigenvalue weighted by Crippen LogP contribution is 2.30. The number of rotatable bonds is 7. The van der Waals surface area contributed by atoms with E-state index in [1.807, 2.05) is 66.9 Å². The molecule has 0 radical (unpaired) electrons. The Morgan fingerprint density at radius 3 is 2.47 bits per heavy atom. The standard InChI is InChI=1S/C25H26N4O/c1-18(19-9-5-3-6-10-19)27-16-22-15-21(13-14-24(22)30-2)25-28-23(17-29(25)26)20-11-7-4-8-12-20/h3-15,17,25,27-28H,1,16,26H2,2H3. The lowest BCUT2D eigenvalue weighted by molar-refractivity contribution is 0.293. The van der Waals surface area contributed by atoms with Crippen LogP contribution < -0.4 is 21.2 Å². The van der Waals surface area contributed by atoms with Crippen LogP contribution in [0, 0.1) is 0 Å². The van der Waals surface area contributed by atoms with Crippen molar-refractivity contribution in [1.29, 1.82) is 0 Å². The molecule has 0 spiro atoms. The third-order valence-electron chi connectivity index (χ3n) is 5.19. The van der Waals surface area contributed by atoms with Crippen molar-refractivity contribution in [3.63, 3.8) is 0 Å². The molecule has 30 heavy (non-hydrogen) atoms. The van der Waals surface area contributed by atoms with E-state index in [1.54, 1.807) is 12.1 Å². The van der Waals surface area contributed by atoms with Gasteiger partial charge in [-0.05, 0) is 28.8 Å². The third kappa shape index (κ3) is 4.16. The van der Waals surface area contributed by atoms with Crippen molar-refractivity contribution in [3.05, 3.63) is 114 Å². The van der Waals surface area contributed by atoms with Gasteiger partial charge in [-0.2, -0.15) is 0 Å². The highest BCUT2D eigenvalue weighted by Gasteiger charge is 2.24. The predicted octanol–water partition coefficient (Wildman–Crippen LogP) is 4.23. The highest BCUT2D eigenvalue weighted by molar-refractivity contribution is 5.66. The summed E-state index contributed by atoms with van der Waals surface area (Å²) in [6.45, 7) is 4.75. The second kappa shape index (κ2) is 8.76. The molecule has 3 aromatic rings. The fourth-order valence-corrected chi connectivity index (χ4v) is 3.56. The number of nitrogens with one attached hydrogen (secondary N) is 2. The summed E-state index contributed by atoms with van der Waals surface area (Å²) in [4.78, 5) is 0. The van der Waals surface area contributed by atoms with Gasteiger partial charge in [0.15, 0.2) is 0 Å². The minimum absolute atomic E-state index is 0.151. The molecule has 152 valence electrons. The van der Waals surface area contributed by atoms with Crippen molar-refractivity contribution in [2.45, 2.75) is 12.7 Å². The summed E-state index contributed by atoms with van der Waals surface area (Å²) in [5.74, 6) is 7.12. The van der Waals surface area contributed by atoms with E-state index in [-0.39, 0.29) is 6.17 Å². The molecular weight excluding hydrogens is 372 g/mol. The van der Waals surface area contributed by atoms with Gasteiger partial charge in [-0.15, -0.1) is 0 Å². The Hall–Kier alpha value is -3.70. The van der Waals surface area contributed by atoms with Crippen LogP contribution in [0.15, 0.2) is 91.6 Å². The molecule has 0 aliphatic carbocycles. The minimum atomic E-state index is -0.151. The summed E-state index contributed by atoms with van der Waals surface area (Å²) < 4.78 is 5.57. The van der Waals surface area contributed by atoms with Gasteiger partial charge in [0.2, 0.25) is 0 Å². The van der Waals surface area contributed by atoms with Gasteiger partial charge < -0.3 is 15.4 Å². The van der Waals surface area contributed by atoms with E-state index in [0.29, 0.717) is 6.54 Å². The second-order valence-corrected chi connectivity index (χ2v) is 7.17. The molecule has 4 N–H and O–H groups in total. The molecule has 5 heteroatoms. The van der Waals surface area contributed by atoms with Gasteiger partial charge in [-0.3, -0.25) is 5.01 Å². The molecule has 1 heterocycles. The number of ether oxygens (including phenoxy) is 1. The second-order valence-electron chi connectivity index (χ2n) is 7.17. The van der Waals surface area contributed by atoms with Gasteiger partial charge >= 0.3 is 0 Å². The first-order valence-electron chi connectivity index (χ1n) is 9.87. The van der Waals surface area contributed by atoms with Gasteiger partial charge in [0.05, 0.1) is 12.8 Å². The van der Waals surface area contributed by atoms with Crippen LogP contribution >= 0.6 is 0 Å². The topological polar surface area (TPSA) is 62.5 Å². The fraction of sp³-hybridized carbons (Fsp3) is 0.120. The molecule has 1 aliphatic heterocycles. The van der Waals surface area contributed by atoms with Gasteiger partial charge in [0, 0.05) is 24.0 Å². The number of nitrogens with two attached hydrogens (primary N) is 1. The van der Waals surface area contributed by atoms with Crippen LogP contribution in [0.25, 0.3) is 11.4 Å². The molecule has 0 saturated heterocycles. The first-order valence-corrected chi connectivity index (χ1v) is 9.87. The first-order chi connectivity index (χ1) is 14.7. The monoisotopic (exact) mass is 398 g/mol. The molecule has 0 bridgehead atoms. The van der Waals surface area contributed by atoms with E-state index >= 15 is 0 Å². The summed E-state index contributed by atoms with van der Waals surface area (Å²) in [5, 5.41) is 8.61. The molecule has 0 fully saturated rings. The zero-order valence-electron chi connectivity index (χ0n) is 17.0. The summed E-state index contributed by atoms with van der Waals surface area (Å²) in [7, 11) is 1.68. The minimum Gasteiger partial charge on any atom is -0.496 e. The maximum absolute atomic E-state index is 6.29. The Bertz CT molecular complexity index is 1050. The fourth-order valence-electron chi connectivity index (χ4n) is 3.56. The number of hydrazine groups is 1. The van der Waals surface area contributed by atoms with Gasteiger partial charge in [-0.25, -0.2) is 5.84 Å². The van der Waals surface area contributed by atoms with Crippen molar-refractivity contribution >= 4 is 11.4 Å². The Labute approximate surface area is 177 Å². The van der Waals surface area contributed by atoms with Crippen LogP contribution in [0.4, 0.5) is 0 Å². The molecule has 3 aromatic carbocycles. The van der Waals surface area contributed by atoms with E-state index in [2.05, 4.69) is 35.4 Å². The first kappa shape index (κ1) is 19.6. The lowest BCUT2D eigenvalue weighted by Crippen LogP contribution is -2.32. The largest absolute Gasteiger partial charge is 0.496 e. The molecule has 5 nitrogen and oxygen atoms in total. The summed E-state index contributed by atoms with van der Waals surface area (Å²) in [6.07, 6.45) is 1.78. The quantitative estimate of drug-likeness (QED) is 0.520. The smallest absolute Gasteiger partial charge is 0.139 e. The van der Waals surface area contributed by atoms with Gasteiger partial charge in [-0.1, -0.05) is 73.3 Å². The van der Waals surface area contributed by atoms with Gasteiger partial charge in [0.25, 0.3) is 0 Å². The van der Waals surface area contributed by atoms with E-state index in [9.17, 15) is 0 Å². The van der Waals surface area contributed by atoms with E-state index in [4.69, 9.17) is 10.6 Å². The van der Waals surface area contributed by atoms with Crippen molar-refractivity contribution < 1.29 is 4.74 Å². The molecule has 0 saturated carbocycles. The third-order valence-corrected chi connectivity index (χ3v) is 5.19. The molecular formula is C25H26N4O. The van der Waals surface area contributed by atoms with E-state index in [0.717, 1.165) is 39.4 Å². The average Bonchev–Trinajstić information content (AvgIpc) is 3.20. The van der Waals surface area contributed by atoms with Crippen molar-refractivity contribution in [1.82, 2.24) is 15.6 Å². The molecule has 1 atom stereocenters. The van der Waals surface area contributed by atoms with Crippen molar-refractivity contribution in [2.75, 3.05) is 7.11 Å². The van der Waals surface area contributed by atoms with Crippen LogP contribution in [0.2, 0.25) is 0 Å². The zero-order valence-corrected chi connectivity index (χ0v) is 17.0. The maximum atomic E-state index is 6.29. The highest BCUT2D eigenvalue weighted by atomic mass is 16.5. The van der Waals surface area contributed by atoms with Crippen molar-refractivity contribution in [3.8, 4) is 5.75 Å². The maximum Gasteiger partial charge on any atom is 0.139 e. The summed E-state index contributed by atoms with van der Waals surface area (Å²) in [6, 6.07) is 26.4. The molecule has 0 amide bonds. The van der Waals surface area contributed by atoms with Crippen LogP contribution in [0.5, 0.6) is 5.75 Å². The Kier molecular flexibility index (Phi) is 5.72. The normalized spacial score (nSPS) is 15.3. The lowest BCUT2D eigenvalue weighted by atomic mass is 10.1.